The van der Waals surface area contributed by atoms with E-state index in [0.29, 0.717) is 0 Å². The maximum absolute atomic E-state index is 4.48. The van der Waals surface area contributed by atoms with Crippen LogP contribution in [0.2, 0.25) is 0 Å². The van der Waals surface area contributed by atoms with Crippen molar-refractivity contribution in [2.45, 2.75) is 0 Å². The molecule has 2 aromatic carbocycles. The van der Waals surface area contributed by atoms with Crippen LogP contribution in [-0.2, 0) is 0 Å². The van der Waals surface area contributed by atoms with Gasteiger partial charge in [0.25, 0.3) is 0 Å². The van der Waals surface area contributed by atoms with Crippen LogP contribution in [0.1, 0.15) is 5.69 Å². The van der Waals surface area contributed by atoms with Crippen molar-refractivity contribution >= 4 is 33.6 Å². The first-order chi connectivity index (χ1) is 11.8. The lowest BCUT2D eigenvalue weighted by Gasteiger charge is -2.10. The maximum Gasteiger partial charge on any atom is 0.148 e. The molecule has 4 nitrogen and oxygen atoms in total. The van der Waals surface area contributed by atoms with Crippen molar-refractivity contribution in [3.8, 4) is 0 Å². The lowest BCUT2D eigenvalue weighted by Crippen LogP contribution is -2.10. The molecule has 4 aromatic rings. The minimum Gasteiger partial charge on any atom is -0.255 e. The molecule has 0 spiro atoms. The molecule has 116 valence electrons. The summed E-state index contributed by atoms with van der Waals surface area (Å²) in [5.74, 6) is 0.792. The molecule has 2 aromatic heterocycles. The van der Waals surface area contributed by atoms with Crippen molar-refractivity contribution in [2.75, 3.05) is 12.1 Å². The Morgan fingerprint density at radius 1 is 0.833 bits per heavy atom. The van der Waals surface area contributed by atoms with Crippen LogP contribution in [0.25, 0.3) is 21.5 Å². The summed E-state index contributed by atoms with van der Waals surface area (Å²) in [5, 5.41) is 10.9. The molecule has 0 N–H and O–H groups in total. The van der Waals surface area contributed by atoms with Crippen molar-refractivity contribution in [3.63, 3.8) is 0 Å². The summed E-state index contributed by atoms with van der Waals surface area (Å²) in [4.78, 5) is 8.75. The highest BCUT2D eigenvalue weighted by Gasteiger charge is 2.01. The SMILES string of the molecule is CN(/N=C/c1cc2cc3ccccc3cc2cn1)c1ccccn1. The number of anilines is 1. The summed E-state index contributed by atoms with van der Waals surface area (Å²) >= 11 is 0. The number of hydrazone groups is 1. The van der Waals surface area contributed by atoms with Crippen molar-refractivity contribution in [1.29, 1.82) is 0 Å². The largest absolute Gasteiger partial charge is 0.255 e. The Kier molecular flexibility index (Phi) is 3.63. The van der Waals surface area contributed by atoms with Gasteiger partial charge in [0.15, 0.2) is 0 Å². The smallest absolute Gasteiger partial charge is 0.148 e. The minimum atomic E-state index is 0.792. The number of fused-ring (bicyclic) bond motifs is 2. The fraction of sp³-hybridized carbons (Fsp3) is 0.0500. The molecule has 0 saturated carbocycles. The van der Waals surface area contributed by atoms with Gasteiger partial charge < -0.3 is 0 Å². The molecule has 4 heteroatoms. The van der Waals surface area contributed by atoms with Gasteiger partial charge in [0.1, 0.15) is 5.82 Å². The first-order valence-corrected chi connectivity index (χ1v) is 7.77. The monoisotopic (exact) mass is 312 g/mol. The van der Waals surface area contributed by atoms with Crippen LogP contribution in [-0.4, -0.2) is 23.2 Å². The number of hydrogen-bond acceptors (Lipinski definition) is 4. The highest BCUT2D eigenvalue weighted by atomic mass is 15.5. The molecule has 0 amide bonds. The number of benzene rings is 2. The number of nitrogens with zero attached hydrogens (tertiary/aromatic N) is 4. The number of rotatable bonds is 3. The van der Waals surface area contributed by atoms with Crippen molar-refractivity contribution in [1.82, 2.24) is 9.97 Å². The molecule has 0 aliphatic heterocycles. The third-order valence-corrected chi connectivity index (χ3v) is 3.95. The molecule has 0 unspecified atom stereocenters. The van der Waals surface area contributed by atoms with Crippen LogP contribution >= 0.6 is 0 Å². The van der Waals surface area contributed by atoms with Crippen molar-refractivity contribution in [2.24, 2.45) is 5.10 Å². The second-order valence-electron chi connectivity index (χ2n) is 5.61. The Balaban J connectivity index is 1.67. The summed E-state index contributed by atoms with van der Waals surface area (Å²) in [6.07, 6.45) is 5.40. The molecule has 0 fully saturated rings. The third-order valence-electron chi connectivity index (χ3n) is 3.95. The second-order valence-corrected chi connectivity index (χ2v) is 5.61. The normalized spacial score (nSPS) is 11.4. The van der Waals surface area contributed by atoms with Gasteiger partial charge in [0.05, 0.1) is 11.9 Å². The quantitative estimate of drug-likeness (QED) is 0.322. The predicted molar refractivity (Wildman–Crippen MR) is 99.5 cm³/mol. The second kappa shape index (κ2) is 6.08. The van der Waals surface area contributed by atoms with Crippen LogP contribution < -0.4 is 5.01 Å². The lowest BCUT2D eigenvalue weighted by atomic mass is 10.0. The molecule has 0 radical (unpaired) electrons. The third kappa shape index (κ3) is 2.82. The standard InChI is InChI=1S/C20H16N4/c1-24(20-8-4-5-9-21-20)23-14-19-12-17-10-15-6-2-3-7-16(15)11-18(17)13-22-19/h2-14H,1H3/b23-14+. The van der Waals surface area contributed by atoms with Crippen LogP contribution in [0, 0.1) is 0 Å². The predicted octanol–water partition coefficient (Wildman–Crippen LogP) is 4.25. The fourth-order valence-electron chi connectivity index (χ4n) is 2.67. The van der Waals surface area contributed by atoms with Gasteiger partial charge >= 0.3 is 0 Å². The van der Waals surface area contributed by atoms with Crippen molar-refractivity contribution in [3.05, 3.63) is 78.8 Å². The van der Waals surface area contributed by atoms with E-state index in [4.69, 9.17) is 0 Å². The van der Waals surface area contributed by atoms with E-state index in [9.17, 15) is 0 Å². The van der Waals surface area contributed by atoms with E-state index < -0.39 is 0 Å². The van der Waals surface area contributed by atoms with Crippen molar-refractivity contribution < 1.29 is 0 Å². The average molecular weight is 312 g/mol. The highest BCUT2D eigenvalue weighted by molar-refractivity contribution is 5.99. The highest BCUT2D eigenvalue weighted by Crippen LogP contribution is 2.22. The van der Waals surface area contributed by atoms with Crippen LogP contribution in [0.3, 0.4) is 0 Å². The van der Waals surface area contributed by atoms with Gasteiger partial charge in [-0.2, -0.15) is 5.10 Å². The molecule has 0 saturated heterocycles. The Hall–Kier alpha value is -3.27. The Bertz CT molecular complexity index is 1030. The van der Waals surface area contributed by atoms with Gasteiger partial charge in [-0.25, -0.2) is 4.98 Å². The Morgan fingerprint density at radius 3 is 2.33 bits per heavy atom. The zero-order valence-corrected chi connectivity index (χ0v) is 13.3. The van der Waals surface area contributed by atoms with E-state index in [1.54, 1.807) is 17.4 Å². The van der Waals surface area contributed by atoms with E-state index in [1.807, 2.05) is 31.4 Å². The van der Waals surface area contributed by atoms with Gasteiger partial charge in [-0.3, -0.25) is 9.99 Å². The first-order valence-electron chi connectivity index (χ1n) is 7.77. The van der Waals surface area contributed by atoms with Gasteiger partial charge in [-0.15, -0.1) is 0 Å². The summed E-state index contributed by atoms with van der Waals surface area (Å²) in [6, 6.07) is 20.5. The topological polar surface area (TPSA) is 41.4 Å². The van der Waals surface area contributed by atoms with Gasteiger partial charge in [-0.05, 0) is 46.5 Å². The van der Waals surface area contributed by atoms with Gasteiger partial charge in [-0.1, -0.05) is 30.3 Å². The molecule has 2 heterocycles. The van der Waals surface area contributed by atoms with Gasteiger partial charge in [0.2, 0.25) is 0 Å². The Morgan fingerprint density at radius 2 is 1.58 bits per heavy atom. The van der Waals surface area contributed by atoms with E-state index >= 15 is 0 Å². The maximum atomic E-state index is 4.48. The molecular formula is C20H16N4. The minimum absolute atomic E-state index is 0.792. The summed E-state index contributed by atoms with van der Waals surface area (Å²) in [6.45, 7) is 0. The van der Waals surface area contributed by atoms with E-state index in [1.165, 1.54) is 10.8 Å². The van der Waals surface area contributed by atoms with E-state index in [-0.39, 0.29) is 0 Å². The number of aromatic nitrogens is 2. The zero-order chi connectivity index (χ0) is 16.4. The van der Waals surface area contributed by atoms with Crippen LogP contribution in [0.15, 0.2) is 78.2 Å². The number of hydrogen-bond donors (Lipinski definition) is 0. The molecule has 0 atom stereocenters. The van der Waals surface area contributed by atoms with Crippen LogP contribution in [0.5, 0.6) is 0 Å². The van der Waals surface area contributed by atoms with E-state index in [2.05, 4.69) is 57.5 Å². The first kappa shape index (κ1) is 14.3. The zero-order valence-electron chi connectivity index (χ0n) is 13.3. The summed E-state index contributed by atoms with van der Waals surface area (Å²) < 4.78 is 0. The summed E-state index contributed by atoms with van der Waals surface area (Å²) in [5.41, 5.74) is 0.820. The van der Waals surface area contributed by atoms with E-state index in [0.717, 1.165) is 22.3 Å². The molecule has 0 aliphatic carbocycles. The molecule has 4 rings (SSSR count). The average Bonchev–Trinajstić information content (AvgIpc) is 2.65. The Labute approximate surface area is 140 Å². The lowest BCUT2D eigenvalue weighted by molar-refractivity contribution is 0.981. The molecule has 24 heavy (non-hydrogen) atoms. The van der Waals surface area contributed by atoms with Gasteiger partial charge in [0, 0.05) is 24.8 Å². The molecular weight excluding hydrogens is 296 g/mol. The fourth-order valence-corrected chi connectivity index (χ4v) is 2.67. The number of pyridine rings is 2. The summed E-state index contributed by atoms with van der Waals surface area (Å²) in [7, 11) is 1.87. The van der Waals surface area contributed by atoms with Crippen LogP contribution in [0.4, 0.5) is 5.82 Å². The molecule has 0 aliphatic rings. The molecule has 0 bridgehead atoms.